The number of aliphatic hydroxyl groups is 1. The summed E-state index contributed by atoms with van der Waals surface area (Å²) in [4.78, 5) is 0. The Hall–Kier alpha value is 0.160. The first-order valence-corrected chi connectivity index (χ1v) is 4.93. The van der Waals surface area contributed by atoms with Crippen LogP contribution in [0.25, 0.3) is 0 Å². The van der Waals surface area contributed by atoms with Gasteiger partial charge in [-0.25, -0.2) is 0 Å². The summed E-state index contributed by atoms with van der Waals surface area (Å²) in [5.41, 5.74) is 6.42. The number of hydrogen-bond donors (Lipinski definition) is 2. The van der Waals surface area contributed by atoms with Gasteiger partial charge in [-0.2, -0.15) is 0 Å². The lowest BCUT2D eigenvalue weighted by molar-refractivity contribution is 0.268. The molecule has 0 heterocycles. The predicted molar refractivity (Wildman–Crippen MR) is 58.2 cm³/mol. The normalized spacial score (nSPS) is 13.0. The second-order valence-corrected chi connectivity index (χ2v) is 3.97. The molecule has 0 saturated heterocycles. The highest BCUT2D eigenvalue weighted by Gasteiger charge is 2.10. The van der Waals surface area contributed by atoms with Gasteiger partial charge in [0.25, 0.3) is 0 Å². The van der Waals surface area contributed by atoms with E-state index in [1.807, 2.05) is 18.2 Å². The molecule has 4 heteroatoms. The van der Waals surface area contributed by atoms with Gasteiger partial charge in [-0.3, -0.25) is 0 Å². The molecule has 1 rings (SSSR count). The van der Waals surface area contributed by atoms with Gasteiger partial charge in [0.05, 0.1) is 17.7 Å². The van der Waals surface area contributed by atoms with E-state index >= 15 is 0 Å². The van der Waals surface area contributed by atoms with E-state index in [0.717, 1.165) is 9.13 Å². The fourth-order valence-corrected chi connectivity index (χ4v) is 1.69. The number of nitrogens with two attached hydrogens (primary N) is 1. The third-order valence-corrected chi connectivity index (χ3v) is 3.22. The topological polar surface area (TPSA) is 46.2 Å². The van der Waals surface area contributed by atoms with Crippen LogP contribution in [0.2, 0.25) is 5.02 Å². The highest BCUT2D eigenvalue weighted by molar-refractivity contribution is 14.1. The molecule has 1 aromatic carbocycles. The zero-order valence-electron chi connectivity index (χ0n) is 6.30. The maximum absolute atomic E-state index is 8.82. The molecule has 1 aromatic rings. The fraction of sp³-hybridized carbons (Fsp3) is 0.250. The van der Waals surface area contributed by atoms with Crippen LogP contribution >= 0.6 is 34.2 Å². The minimum atomic E-state index is -0.382. The molecule has 12 heavy (non-hydrogen) atoms. The van der Waals surface area contributed by atoms with Crippen molar-refractivity contribution in [3.8, 4) is 0 Å². The van der Waals surface area contributed by atoms with Gasteiger partial charge in [-0.15, -0.1) is 0 Å². The van der Waals surface area contributed by atoms with Crippen LogP contribution < -0.4 is 5.73 Å². The van der Waals surface area contributed by atoms with E-state index in [1.54, 1.807) is 0 Å². The molecule has 0 aliphatic heterocycles. The SMILES string of the molecule is N[C@@H](CO)c1cccc(I)c1Cl. The van der Waals surface area contributed by atoms with Crippen molar-refractivity contribution in [3.05, 3.63) is 32.4 Å². The van der Waals surface area contributed by atoms with E-state index in [1.165, 1.54) is 0 Å². The number of rotatable bonds is 2. The van der Waals surface area contributed by atoms with Crippen LogP contribution in [0.4, 0.5) is 0 Å². The van der Waals surface area contributed by atoms with Crippen LogP contribution in [0.5, 0.6) is 0 Å². The predicted octanol–water partition coefficient (Wildman–Crippen LogP) is 1.94. The largest absolute Gasteiger partial charge is 0.394 e. The summed E-state index contributed by atoms with van der Waals surface area (Å²) in [6.45, 7) is -0.0835. The average molecular weight is 298 g/mol. The molecule has 2 nitrogen and oxygen atoms in total. The third-order valence-electron chi connectivity index (χ3n) is 1.58. The van der Waals surface area contributed by atoms with Crippen molar-refractivity contribution in [2.75, 3.05) is 6.61 Å². The zero-order valence-corrected chi connectivity index (χ0v) is 9.21. The van der Waals surface area contributed by atoms with Crippen molar-refractivity contribution in [1.29, 1.82) is 0 Å². The number of aliphatic hydroxyl groups excluding tert-OH is 1. The first-order chi connectivity index (χ1) is 5.66. The number of hydrogen-bond acceptors (Lipinski definition) is 2. The molecule has 0 radical (unpaired) electrons. The van der Waals surface area contributed by atoms with E-state index < -0.39 is 0 Å². The summed E-state index contributed by atoms with van der Waals surface area (Å²) in [5.74, 6) is 0. The van der Waals surface area contributed by atoms with Crippen LogP contribution in [0.1, 0.15) is 11.6 Å². The van der Waals surface area contributed by atoms with Crippen molar-refractivity contribution >= 4 is 34.2 Å². The molecule has 66 valence electrons. The molecule has 0 bridgehead atoms. The summed E-state index contributed by atoms with van der Waals surface area (Å²) in [7, 11) is 0. The Morgan fingerprint density at radius 3 is 2.83 bits per heavy atom. The van der Waals surface area contributed by atoms with Crippen LogP contribution in [-0.2, 0) is 0 Å². The van der Waals surface area contributed by atoms with E-state index in [4.69, 9.17) is 22.4 Å². The Labute approximate surface area is 89.9 Å². The molecule has 0 saturated carbocycles. The van der Waals surface area contributed by atoms with E-state index in [9.17, 15) is 0 Å². The van der Waals surface area contributed by atoms with Gasteiger partial charge in [-0.1, -0.05) is 23.7 Å². The van der Waals surface area contributed by atoms with Gasteiger partial charge < -0.3 is 10.8 Å². The van der Waals surface area contributed by atoms with Crippen molar-refractivity contribution < 1.29 is 5.11 Å². The molecule has 0 spiro atoms. The molecule has 0 aliphatic rings. The molecular formula is C8H9ClINO. The molecular weight excluding hydrogens is 288 g/mol. The van der Waals surface area contributed by atoms with Gasteiger partial charge in [0.15, 0.2) is 0 Å². The molecule has 0 aromatic heterocycles. The first kappa shape index (κ1) is 10.2. The quantitative estimate of drug-likeness (QED) is 0.820. The summed E-state index contributed by atoms with van der Waals surface area (Å²) >= 11 is 8.10. The summed E-state index contributed by atoms with van der Waals surface area (Å²) in [5, 5.41) is 9.46. The monoisotopic (exact) mass is 297 g/mol. The lowest BCUT2D eigenvalue weighted by Gasteiger charge is -2.10. The average Bonchev–Trinajstić information content (AvgIpc) is 2.08. The molecule has 3 N–H and O–H groups in total. The Bertz CT molecular complexity index is 280. The minimum absolute atomic E-state index is 0.0835. The van der Waals surface area contributed by atoms with Gasteiger partial charge in [0, 0.05) is 3.57 Å². The van der Waals surface area contributed by atoms with Crippen molar-refractivity contribution in [2.45, 2.75) is 6.04 Å². The van der Waals surface area contributed by atoms with Crippen molar-refractivity contribution in [3.63, 3.8) is 0 Å². The Kier molecular flexibility index (Phi) is 3.77. The van der Waals surface area contributed by atoms with E-state index in [-0.39, 0.29) is 12.6 Å². The Morgan fingerprint density at radius 1 is 1.58 bits per heavy atom. The third kappa shape index (κ3) is 2.10. The number of halogens is 2. The number of benzene rings is 1. The molecule has 1 atom stereocenters. The van der Waals surface area contributed by atoms with Gasteiger partial charge in [0.2, 0.25) is 0 Å². The van der Waals surface area contributed by atoms with Crippen LogP contribution in [-0.4, -0.2) is 11.7 Å². The van der Waals surface area contributed by atoms with E-state index in [2.05, 4.69) is 22.6 Å². The van der Waals surface area contributed by atoms with Crippen LogP contribution in [0.15, 0.2) is 18.2 Å². The van der Waals surface area contributed by atoms with Crippen molar-refractivity contribution in [1.82, 2.24) is 0 Å². The maximum atomic E-state index is 8.82. The minimum Gasteiger partial charge on any atom is -0.394 e. The first-order valence-electron chi connectivity index (χ1n) is 3.47. The standard InChI is InChI=1S/C8H9ClINO/c9-8-5(7(11)4-12)2-1-3-6(8)10/h1-3,7,12H,4,11H2/t7-/m0/s1. The smallest absolute Gasteiger partial charge is 0.0624 e. The van der Waals surface area contributed by atoms with E-state index in [0.29, 0.717) is 5.02 Å². The Morgan fingerprint density at radius 2 is 2.25 bits per heavy atom. The lowest BCUT2D eigenvalue weighted by Crippen LogP contribution is -2.15. The van der Waals surface area contributed by atoms with Crippen LogP contribution in [0, 0.1) is 3.57 Å². The molecule has 0 fully saturated rings. The van der Waals surface area contributed by atoms with Crippen molar-refractivity contribution in [2.24, 2.45) is 5.73 Å². The second-order valence-electron chi connectivity index (χ2n) is 2.43. The lowest BCUT2D eigenvalue weighted by atomic mass is 10.1. The van der Waals surface area contributed by atoms with Crippen LogP contribution in [0.3, 0.4) is 0 Å². The maximum Gasteiger partial charge on any atom is 0.0624 e. The highest BCUT2D eigenvalue weighted by atomic mass is 127. The molecule has 0 unspecified atom stereocenters. The fourth-order valence-electron chi connectivity index (χ4n) is 0.905. The van der Waals surface area contributed by atoms with Gasteiger partial charge >= 0.3 is 0 Å². The highest BCUT2D eigenvalue weighted by Crippen LogP contribution is 2.26. The van der Waals surface area contributed by atoms with Gasteiger partial charge in [0.1, 0.15) is 0 Å². The summed E-state index contributed by atoms with van der Waals surface area (Å²) in [6, 6.07) is 5.22. The Balaban J connectivity index is 3.07. The molecule has 0 amide bonds. The zero-order chi connectivity index (χ0) is 9.14. The van der Waals surface area contributed by atoms with Gasteiger partial charge in [-0.05, 0) is 34.2 Å². The summed E-state index contributed by atoms with van der Waals surface area (Å²) in [6.07, 6.45) is 0. The second kappa shape index (κ2) is 4.41. The molecule has 0 aliphatic carbocycles. The summed E-state index contributed by atoms with van der Waals surface area (Å²) < 4.78 is 0.954.